The van der Waals surface area contributed by atoms with Gasteiger partial charge in [0.25, 0.3) is 0 Å². The molecule has 0 aromatic carbocycles. The van der Waals surface area contributed by atoms with Crippen LogP contribution in [0.2, 0.25) is 0 Å². The Morgan fingerprint density at radius 2 is 2.10 bits per heavy atom. The summed E-state index contributed by atoms with van der Waals surface area (Å²) in [5.41, 5.74) is -1.09. The van der Waals surface area contributed by atoms with Crippen LogP contribution in [0.4, 0.5) is 0 Å². The topological polar surface area (TPSA) is 68.9 Å². The normalized spacial score (nSPS) is 48.9. The first-order valence-electron chi connectivity index (χ1n) is 11.8. The van der Waals surface area contributed by atoms with Crippen molar-refractivity contribution in [3.8, 4) is 0 Å². The Kier molecular flexibility index (Phi) is 4.99. The fraction of sp³-hybridized carbons (Fsp3) is 0.800. The predicted octanol–water partition coefficient (Wildman–Crippen LogP) is 4.51. The lowest BCUT2D eigenvalue weighted by atomic mass is 9.52. The number of aryl methyl sites for hydroxylation is 2. The molecule has 6 heteroatoms. The van der Waals surface area contributed by atoms with Gasteiger partial charge in [-0.2, -0.15) is 0 Å². The SMILES string of the molecule is Cc1ccoc1CC[C@]1(C)O[C@@]2(CC(C)CCl)O[C@H]3C[C@H](C)[C@H]4C(=O)[C@@H]1[C@]2(O)[C@H](C)[C@H]43. The van der Waals surface area contributed by atoms with E-state index in [9.17, 15) is 9.90 Å². The van der Waals surface area contributed by atoms with Crippen molar-refractivity contribution in [2.45, 2.75) is 83.4 Å². The maximum absolute atomic E-state index is 14.0. The first-order valence-corrected chi connectivity index (χ1v) is 12.3. The number of Topliss-reactive ketones (excluding diaryl/α,β-unsaturated/α-hetero) is 1. The molecule has 5 rings (SSSR count). The van der Waals surface area contributed by atoms with Crippen LogP contribution in [0.3, 0.4) is 0 Å². The lowest BCUT2D eigenvalue weighted by Gasteiger charge is -2.58. The molecule has 3 heterocycles. The lowest BCUT2D eigenvalue weighted by Crippen LogP contribution is -2.72. The van der Waals surface area contributed by atoms with Crippen LogP contribution >= 0.6 is 11.6 Å². The molecule has 1 aromatic heterocycles. The van der Waals surface area contributed by atoms with Crippen molar-refractivity contribution in [1.29, 1.82) is 0 Å². The molecule has 4 fully saturated rings. The van der Waals surface area contributed by atoms with E-state index in [4.69, 9.17) is 25.5 Å². The highest BCUT2D eigenvalue weighted by atomic mass is 35.5. The molecule has 0 spiro atoms. The molecule has 5 nitrogen and oxygen atoms in total. The van der Waals surface area contributed by atoms with Crippen molar-refractivity contribution in [2.75, 3.05) is 5.88 Å². The van der Waals surface area contributed by atoms with Crippen molar-refractivity contribution in [2.24, 2.45) is 35.5 Å². The first kappa shape index (κ1) is 21.9. The zero-order valence-corrected chi connectivity index (χ0v) is 19.9. The van der Waals surface area contributed by atoms with Crippen molar-refractivity contribution >= 4 is 17.4 Å². The molecule has 2 aliphatic heterocycles. The molecular formula is C25H35ClO5. The molecule has 2 saturated heterocycles. The van der Waals surface area contributed by atoms with Crippen LogP contribution in [-0.4, -0.2) is 39.9 Å². The summed E-state index contributed by atoms with van der Waals surface area (Å²) < 4.78 is 19.2. The molecule has 1 unspecified atom stereocenters. The Morgan fingerprint density at radius 1 is 1.35 bits per heavy atom. The molecule has 172 valence electrons. The third-order valence-corrected chi connectivity index (χ3v) is 9.57. The summed E-state index contributed by atoms with van der Waals surface area (Å²) in [5.74, 6) is -0.0279. The van der Waals surface area contributed by atoms with E-state index in [1.807, 2.05) is 19.9 Å². The van der Waals surface area contributed by atoms with Crippen LogP contribution in [0.1, 0.15) is 58.3 Å². The number of ether oxygens (including phenoxy) is 2. The highest BCUT2D eigenvalue weighted by Gasteiger charge is 2.81. The number of hydrogen-bond acceptors (Lipinski definition) is 5. The Bertz CT molecular complexity index is 883. The van der Waals surface area contributed by atoms with Crippen LogP contribution in [0.25, 0.3) is 0 Å². The standard InChI is InChI=1S/C25H35ClO5/c1-13(12-26)11-24-25(28)16(4)20-18(30-24)10-15(3)19(20)21(27)22(25)23(5,31-24)8-6-17-14(2)7-9-29-17/h7,9,13,15-16,18-20,22,28H,6,8,10-12H2,1-5H3/t13?,15-,16+,18-,19+,20-,22-,23-,24+,25+/m0/s1. The zero-order valence-electron chi connectivity index (χ0n) is 19.2. The average molecular weight is 451 g/mol. The number of hydrogen-bond donors (Lipinski definition) is 1. The predicted molar refractivity (Wildman–Crippen MR) is 117 cm³/mol. The summed E-state index contributed by atoms with van der Waals surface area (Å²) in [6.45, 7) is 10.3. The van der Waals surface area contributed by atoms with E-state index in [1.165, 1.54) is 0 Å². The number of carbonyl (C=O) groups is 1. The molecule has 0 amide bonds. The van der Waals surface area contributed by atoms with E-state index < -0.39 is 22.9 Å². The number of furan rings is 1. The van der Waals surface area contributed by atoms with Gasteiger partial charge in [-0.05, 0) is 56.1 Å². The summed E-state index contributed by atoms with van der Waals surface area (Å²) >= 11 is 6.19. The first-order chi connectivity index (χ1) is 14.6. The molecular weight excluding hydrogens is 416 g/mol. The van der Waals surface area contributed by atoms with E-state index in [1.54, 1.807) is 6.26 Å². The number of aliphatic hydroxyl groups is 1. The van der Waals surface area contributed by atoms with Gasteiger partial charge in [0, 0.05) is 30.6 Å². The Balaban J connectivity index is 1.60. The summed E-state index contributed by atoms with van der Waals surface area (Å²) in [7, 11) is 0. The number of ketones is 1. The molecule has 1 aromatic rings. The third-order valence-electron chi connectivity index (χ3n) is 9.04. The fourth-order valence-electron chi connectivity index (χ4n) is 7.67. The van der Waals surface area contributed by atoms with E-state index in [0.717, 1.165) is 17.7 Å². The molecule has 1 N–H and O–H groups in total. The van der Waals surface area contributed by atoms with Crippen LogP contribution in [0.5, 0.6) is 0 Å². The quantitative estimate of drug-likeness (QED) is 0.646. The van der Waals surface area contributed by atoms with E-state index in [-0.39, 0.29) is 41.5 Å². The summed E-state index contributed by atoms with van der Waals surface area (Å²) in [6.07, 6.45) is 4.20. The minimum atomic E-state index is -1.35. The summed E-state index contributed by atoms with van der Waals surface area (Å²) in [6, 6.07) is 1.95. The van der Waals surface area contributed by atoms with Gasteiger partial charge in [-0.25, -0.2) is 0 Å². The number of alkyl halides is 1. The van der Waals surface area contributed by atoms with Gasteiger partial charge >= 0.3 is 0 Å². The number of carbonyl (C=O) groups excluding carboxylic acids is 1. The highest BCUT2D eigenvalue weighted by molar-refractivity contribution is 6.18. The van der Waals surface area contributed by atoms with Crippen LogP contribution < -0.4 is 0 Å². The molecule has 4 aliphatic rings. The molecule has 2 aliphatic carbocycles. The van der Waals surface area contributed by atoms with Crippen molar-refractivity contribution in [1.82, 2.24) is 0 Å². The summed E-state index contributed by atoms with van der Waals surface area (Å²) in [5, 5.41) is 12.4. The minimum absolute atomic E-state index is 0.0569. The van der Waals surface area contributed by atoms with Crippen LogP contribution in [0.15, 0.2) is 16.7 Å². The van der Waals surface area contributed by atoms with Gasteiger partial charge < -0.3 is 19.0 Å². The van der Waals surface area contributed by atoms with Gasteiger partial charge in [0.2, 0.25) is 0 Å². The number of halogens is 1. The van der Waals surface area contributed by atoms with Gasteiger partial charge in [-0.15, -0.1) is 11.6 Å². The monoisotopic (exact) mass is 450 g/mol. The van der Waals surface area contributed by atoms with E-state index >= 15 is 0 Å². The third kappa shape index (κ3) is 2.76. The van der Waals surface area contributed by atoms with E-state index in [0.29, 0.717) is 25.1 Å². The molecule has 2 bridgehead atoms. The zero-order chi connectivity index (χ0) is 22.3. The molecule has 2 saturated carbocycles. The largest absolute Gasteiger partial charge is 0.469 e. The Hall–Kier alpha value is -0.880. The van der Waals surface area contributed by atoms with Gasteiger partial charge in [0.05, 0.1) is 23.9 Å². The van der Waals surface area contributed by atoms with Crippen LogP contribution in [-0.2, 0) is 20.7 Å². The van der Waals surface area contributed by atoms with Gasteiger partial charge in [-0.3, -0.25) is 4.79 Å². The maximum atomic E-state index is 14.0. The van der Waals surface area contributed by atoms with Crippen molar-refractivity contribution in [3.63, 3.8) is 0 Å². The van der Waals surface area contributed by atoms with Gasteiger partial charge in [0.1, 0.15) is 17.1 Å². The second-order valence-corrected chi connectivity index (χ2v) is 11.4. The van der Waals surface area contributed by atoms with Crippen molar-refractivity contribution in [3.05, 3.63) is 23.7 Å². The average Bonchev–Trinajstić information content (AvgIpc) is 3.32. The smallest absolute Gasteiger partial charge is 0.199 e. The van der Waals surface area contributed by atoms with Gasteiger partial charge in [-0.1, -0.05) is 20.8 Å². The molecule has 0 radical (unpaired) electrons. The fourth-order valence-corrected chi connectivity index (χ4v) is 7.78. The van der Waals surface area contributed by atoms with E-state index in [2.05, 4.69) is 20.8 Å². The Labute approximate surface area is 189 Å². The second-order valence-electron chi connectivity index (χ2n) is 11.1. The van der Waals surface area contributed by atoms with Crippen molar-refractivity contribution < 1.29 is 23.8 Å². The second kappa shape index (κ2) is 7.06. The minimum Gasteiger partial charge on any atom is -0.469 e. The lowest BCUT2D eigenvalue weighted by molar-refractivity contribution is -0.369. The number of rotatable bonds is 6. The van der Waals surface area contributed by atoms with Gasteiger partial charge in [0.15, 0.2) is 5.79 Å². The molecule has 31 heavy (non-hydrogen) atoms. The highest BCUT2D eigenvalue weighted by Crippen LogP contribution is 2.69. The van der Waals surface area contributed by atoms with Crippen LogP contribution in [0, 0.1) is 42.4 Å². The Morgan fingerprint density at radius 3 is 2.74 bits per heavy atom. The maximum Gasteiger partial charge on any atom is 0.199 e. The molecule has 10 atom stereocenters. The summed E-state index contributed by atoms with van der Waals surface area (Å²) in [4.78, 5) is 14.0.